The lowest BCUT2D eigenvalue weighted by Gasteiger charge is -2.39. The number of para-hydroxylation sites is 2. The molecule has 1 aromatic heterocycles. The van der Waals surface area contributed by atoms with Crippen molar-refractivity contribution < 1.29 is 19.2 Å². The topological polar surface area (TPSA) is 125 Å². The normalized spacial score (nSPS) is 28.0. The third-order valence-corrected chi connectivity index (χ3v) is 10.3. The number of nitrogens with one attached hydrogen (secondary N) is 4. The molecule has 0 unspecified atom stereocenters. The molecular weight excluding hydrogens is 592 g/mol. The van der Waals surface area contributed by atoms with Crippen LogP contribution in [-0.2, 0) is 37.6 Å². The summed E-state index contributed by atoms with van der Waals surface area (Å²) in [5, 5.41) is 13.5. The number of fused-ring (bicyclic) bond motifs is 6. The number of aromatic nitrogens is 1. The standard InChI is InChI=1S/C37H38N6O4/c1-21(2)16-27-32(44)39-28(33(45)38-27)18-23-20-42(30-15-9-6-12-24(23)30)37-19-31-34(46)40-29(17-22-10-4-3-5-11-22)35(47)43(31)36(37)41-26-14-8-7-13-25(26)37/h3-15,20-21,27-29,31,36,41H,16-19H2,1-2H3,(H,38,45)(H,39,44)(H,40,46)/t27-,28-,29-,31+,36-,37+/m1/s1. The molecule has 3 saturated heterocycles. The number of hydrogen-bond acceptors (Lipinski definition) is 5. The maximum atomic E-state index is 14.3. The Kier molecular flexibility index (Phi) is 6.86. The van der Waals surface area contributed by atoms with E-state index in [0.717, 1.165) is 33.3 Å². The van der Waals surface area contributed by atoms with E-state index in [2.05, 4.69) is 38.1 Å². The lowest BCUT2D eigenvalue weighted by Crippen LogP contribution is -2.64. The van der Waals surface area contributed by atoms with Gasteiger partial charge < -0.3 is 30.7 Å². The summed E-state index contributed by atoms with van der Waals surface area (Å²) in [6, 6.07) is 23.2. The molecule has 240 valence electrons. The predicted octanol–water partition coefficient (Wildman–Crippen LogP) is 3.05. The second-order valence-corrected chi connectivity index (χ2v) is 13.7. The van der Waals surface area contributed by atoms with E-state index in [1.54, 1.807) is 4.90 Å². The van der Waals surface area contributed by atoms with Gasteiger partial charge in [-0.25, -0.2) is 0 Å². The summed E-state index contributed by atoms with van der Waals surface area (Å²) in [4.78, 5) is 56.1. The van der Waals surface area contributed by atoms with Crippen molar-refractivity contribution >= 4 is 40.2 Å². The summed E-state index contributed by atoms with van der Waals surface area (Å²) in [7, 11) is 0. The number of piperazine rings is 2. The second-order valence-electron chi connectivity index (χ2n) is 13.7. The first-order chi connectivity index (χ1) is 22.7. The van der Waals surface area contributed by atoms with Gasteiger partial charge in [0.25, 0.3) is 0 Å². The van der Waals surface area contributed by atoms with Crippen molar-refractivity contribution in [3.8, 4) is 0 Å². The molecule has 10 heteroatoms. The lowest BCUT2D eigenvalue weighted by molar-refractivity contribution is -0.148. The van der Waals surface area contributed by atoms with Gasteiger partial charge in [-0.3, -0.25) is 19.2 Å². The molecule has 4 aliphatic rings. The van der Waals surface area contributed by atoms with Crippen molar-refractivity contribution in [2.45, 2.75) is 75.4 Å². The highest BCUT2D eigenvalue weighted by Gasteiger charge is 2.64. The van der Waals surface area contributed by atoms with Gasteiger partial charge in [0, 0.05) is 47.6 Å². The molecule has 0 saturated carbocycles. The molecule has 4 amide bonds. The van der Waals surface area contributed by atoms with Crippen LogP contribution in [0.1, 0.15) is 43.4 Å². The van der Waals surface area contributed by atoms with Gasteiger partial charge in [0.15, 0.2) is 0 Å². The molecule has 0 bridgehead atoms. The number of hydrogen-bond donors (Lipinski definition) is 4. The molecule has 8 rings (SSSR count). The van der Waals surface area contributed by atoms with Crippen LogP contribution in [0.2, 0.25) is 0 Å². The molecule has 4 N–H and O–H groups in total. The first-order valence-electron chi connectivity index (χ1n) is 16.5. The number of nitrogens with zero attached hydrogens (tertiary/aromatic N) is 2. The van der Waals surface area contributed by atoms with E-state index in [1.165, 1.54) is 0 Å². The number of amides is 4. The quantitative estimate of drug-likeness (QED) is 0.250. The van der Waals surface area contributed by atoms with Gasteiger partial charge in [-0.1, -0.05) is 80.6 Å². The molecule has 6 atom stereocenters. The minimum atomic E-state index is -0.797. The fraction of sp³-hybridized carbons (Fsp3) is 0.351. The SMILES string of the molecule is CC(C)C[C@H]1NC(=O)[C@@H](Cc2cn([C@]34C[C@H]5C(=O)N[C@H](Cc6ccccc6)C(=O)N5[C@H]3Nc3ccccc34)c3ccccc23)NC1=O. The zero-order valence-corrected chi connectivity index (χ0v) is 26.4. The van der Waals surface area contributed by atoms with Crippen molar-refractivity contribution in [3.05, 3.63) is 102 Å². The maximum Gasteiger partial charge on any atom is 0.247 e. The smallest absolute Gasteiger partial charge is 0.247 e. The number of rotatable bonds is 7. The Morgan fingerprint density at radius 3 is 2.23 bits per heavy atom. The van der Waals surface area contributed by atoms with Crippen molar-refractivity contribution in [2.75, 3.05) is 5.32 Å². The number of carbonyl (C=O) groups excluding carboxylic acids is 4. The lowest BCUT2D eigenvalue weighted by atomic mass is 9.86. The van der Waals surface area contributed by atoms with E-state index < -0.39 is 35.9 Å². The predicted molar refractivity (Wildman–Crippen MR) is 177 cm³/mol. The maximum absolute atomic E-state index is 14.3. The highest BCUT2D eigenvalue weighted by Crippen LogP contribution is 2.54. The van der Waals surface area contributed by atoms with Crippen LogP contribution in [0.5, 0.6) is 0 Å². The molecule has 4 aliphatic heterocycles. The van der Waals surface area contributed by atoms with Gasteiger partial charge >= 0.3 is 0 Å². The van der Waals surface area contributed by atoms with Gasteiger partial charge in [-0.15, -0.1) is 0 Å². The Morgan fingerprint density at radius 2 is 1.43 bits per heavy atom. The summed E-state index contributed by atoms with van der Waals surface area (Å²) < 4.78 is 2.20. The molecular formula is C37H38N6O4. The van der Waals surface area contributed by atoms with Gasteiger partial charge in [-0.2, -0.15) is 0 Å². The largest absolute Gasteiger partial charge is 0.363 e. The zero-order chi connectivity index (χ0) is 32.4. The Morgan fingerprint density at radius 1 is 0.745 bits per heavy atom. The average molecular weight is 631 g/mol. The number of carbonyl (C=O) groups is 4. The third kappa shape index (κ3) is 4.60. The molecule has 0 radical (unpaired) electrons. The fourth-order valence-corrected chi connectivity index (χ4v) is 8.27. The summed E-state index contributed by atoms with van der Waals surface area (Å²) in [6.07, 6.45) is 3.22. The summed E-state index contributed by atoms with van der Waals surface area (Å²) in [5.41, 5.74) is 3.95. The van der Waals surface area contributed by atoms with Crippen molar-refractivity contribution in [1.82, 2.24) is 25.4 Å². The Bertz CT molecular complexity index is 1920. The summed E-state index contributed by atoms with van der Waals surface area (Å²) >= 11 is 0. The highest BCUT2D eigenvalue weighted by molar-refractivity contribution is 6.00. The van der Waals surface area contributed by atoms with E-state index in [-0.39, 0.29) is 29.5 Å². The summed E-state index contributed by atoms with van der Waals surface area (Å²) in [6.45, 7) is 4.05. The third-order valence-electron chi connectivity index (χ3n) is 10.3. The Labute approximate surface area is 272 Å². The van der Waals surface area contributed by atoms with E-state index in [4.69, 9.17) is 0 Å². The van der Waals surface area contributed by atoms with Crippen LogP contribution in [0.3, 0.4) is 0 Å². The summed E-state index contributed by atoms with van der Waals surface area (Å²) in [5.74, 6) is -0.362. The molecule has 5 heterocycles. The molecule has 3 fully saturated rings. The average Bonchev–Trinajstić information content (AvgIpc) is 3.70. The van der Waals surface area contributed by atoms with Crippen LogP contribution in [0, 0.1) is 5.92 Å². The first kappa shape index (κ1) is 29.3. The van der Waals surface area contributed by atoms with Crippen molar-refractivity contribution in [1.29, 1.82) is 0 Å². The van der Waals surface area contributed by atoms with Crippen LogP contribution in [0.15, 0.2) is 85.1 Å². The number of benzene rings is 3. The Hall–Kier alpha value is -5.12. The molecule has 0 aliphatic carbocycles. The van der Waals surface area contributed by atoms with E-state index in [0.29, 0.717) is 25.7 Å². The van der Waals surface area contributed by atoms with Crippen molar-refractivity contribution in [2.24, 2.45) is 5.92 Å². The molecule has 3 aromatic carbocycles. The van der Waals surface area contributed by atoms with Gasteiger partial charge in [0.2, 0.25) is 23.6 Å². The van der Waals surface area contributed by atoms with Gasteiger partial charge in [-0.05, 0) is 35.6 Å². The van der Waals surface area contributed by atoms with Crippen LogP contribution in [-0.4, -0.2) is 63.4 Å². The van der Waals surface area contributed by atoms with Crippen molar-refractivity contribution in [3.63, 3.8) is 0 Å². The fourth-order valence-electron chi connectivity index (χ4n) is 8.27. The van der Waals surface area contributed by atoms with E-state index in [9.17, 15) is 19.2 Å². The molecule has 47 heavy (non-hydrogen) atoms. The number of anilines is 1. The van der Waals surface area contributed by atoms with E-state index in [1.807, 2.05) is 86.6 Å². The molecule has 4 aromatic rings. The van der Waals surface area contributed by atoms with E-state index >= 15 is 0 Å². The zero-order valence-electron chi connectivity index (χ0n) is 26.4. The molecule has 10 nitrogen and oxygen atoms in total. The van der Waals surface area contributed by atoms with Crippen LogP contribution in [0.4, 0.5) is 5.69 Å². The Balaban J connectivity index is 1.19. The minimum absolute atomic E-state index is 0.111. The van der Waals surface area contributed by atoms with Crippen LogP contribution in [0.25, 0.3) is 10.9 Å². The highest BCUT2D eigenvalue weighted by atomic mass is 16.2. The van der Waals surface area contributed by atoms with Crippen LogP contribution >= 0.6 is 0 Å². The molecule has 0 spiro atoms. The van der Waals surface area contributed by atoms with Gasteiger partial charge in [0.05, 0.1) is 0 Å². The first-order valence-corrected chi connectivity index (χ1v) is 16.5. The second kappa shape index (κ2) is 11.0. The minimum Gasteiger partial charge on any atom is -0.363 e. The van der Waals surface area contributed by atoms with Crippen LogP contribution < -0.4 is 21.3 Å². The van der Waals surface area contributed by atoms with Gasteiger partial charge in [0.1, 0.15) is 35.9 Å². The monoisotopic (exact) mass is 630 g/mol.